The molecule has 6 heteroatoms. The number of hydrogen-bond acceptors (Lipinski definition) is 3. The highest BCUT2D eigenvalue weighted by molar-refractivity contribution is 9.10. The molecule has 0 saturated carbocycles. The molecule has 0 aliphatic heterocycles. The molecule has 0 spiro atoms. The normalized spacial score (nSPS) is 11.1. The van der Waals surface area contributed by atoms with Crippen LogP contribution in [0.25, 0.3) is 15.9 Å². The molecule has 2 aromatic heterocycles. The Kier molecular flexibility index (Phi) is 4.61. The molecular formula is C21H18BrN3OS. The van der Waals surface area contributed by atoms with Crippen LogP contribution < -0.4 is 5.32 Å². The number of benzene rings is 2. The minimum absolute atomic E-state index is 0.115. The molecule has 4 aromatic rings. The summed E-state index contributed by atoms with van der Waals surface area (Å²) in [4.78, 5) is 14.4. The average Bonchev–Trinajstić information content (AvgIpc) is 3.18. The monoisotopic (exact) mass is 439 g/mol. The Morgan fingerprint density at radius 2 is 1.85 bits per heavy atom. The van der Waals surface area contributed by atoms with Crippen molar-refractivity contribution < 1.29 is 4.79 Å². The number of carbonyl (C=O) groups excluding carboxylic acids is 1. The number of thiophene rings is 1. The van der Waals surface area contributed by atoms with E-state index < -0.39 is 0 Å². The Hall–Kier alpha value is -2.44. The first-order valence-corrected chi connectivity index (χ1v) is 10.2. The Labute approximate surface area is 170 Å². The standard InChI is InChI=1S/C21H18BrN3OS/c1-12-5-4-6-15(9-12)25-21-16(14(3)24-25)11-19(27-21)20(26)23-18-8-7-13(2)10-17(18)22/h4-11H,1-3H3,(H,23,26). The maximum atomic E-state index is 12.8. The second kappa shape index (κ2) is 6.94. The van der Waals surface area contributed by atoms with Crippen LogP contribution in [-0.2, 0) is 0 Å². The SMILES string of the molecule is Cc1cccc(-n2nc(C)c3cc(C(=O)Nc4ccc(C)cc4Br)sc32)c1. The number of hydrogen-bond donors (Lipinski definition) is 1. The van der Waals surface area contributed by atoms with Crippen LogP contribution in [0.15, 0.2) is 53.0 Å². The number of nitrogens with one attached hydrogen (secondary N) is 1. The van der Waals surface area contributed by atoms with Crippen molar-refractivity contribution in [3.05, 3.63) is 74.7 Å². The molecule has 4 nitrogen and oxygen atoms in total. The van der Waals surface area contributed by atoms with Crippen molar-refractivity contribution >= 4 is 49.1 Å². The molecule has 136 valence electrons. The minimum Gasteiger partial charge on any atom is -0.320 e. The summed E-state index contributed by atoms with van der Waals surface area (Å²) < 4.78 is 2.79. The lowest BCUT2D eigenvalue weighted by Crippen LogP contribution is -2.10. The van der Waals surface area contributed by atoms with Gasteiger partial charge in [0.1, 0.15) is 4.83 Å². The lowest BCUT2D eigenvalue weighted by molar-refractivity contribution is 0.103. The smallest absolute Gasteiger partial charge is 0.265 e. The van der Waals surface area contributed by atoms with Gasteiger partial charge >= 0.3 is 0 Å². The fourth-order valence-corrected chi connectivity index (χ4v) is 4.67. The summed E-state index contributed by atoms with van der Waals surface area (Å²) in [6, 6.07) is 16.0. The van der Waals surface area contributed by atoms with E-state index in [1.165, 1.54) is 16.9 Å². The largest absolute Gasteiger partial charge is 0.320 e. The van der Waals surface area contributed by atoms with E-state index in [2.05, 4.69) is 45.4 Å². The third-order valence-corrected chi connectivity index (χ3v) is 6.15. The molecular weight excluding hydrogens is 422 g/mol. The number of carbonyl (C=O) groups is 1. The van der Waals surface area contributed by atoms with Crippen molar-refractivity contribution in [1.29, 1.82) is 0 Å². The molecule has 2 heterocycles. The van der Waals surface area contributed by atoms with E-state index >= 15 is 0 Å². The van der Waals surface area contributed by atoms with Crippen LogP contribution in [0.3, 0.4) is 0 Å². The number of amides is 1. The van der Waals surface area contributed by atoms with E-state index in [0.717, 1.165) is 37.3 Å². The zero-order valence-corrected chi connectivity index (χ0v) is 17.6. The summed E-state index contributed by atoms with van der Waals surface area (Å²) >= 11 is 4.97. The maximum absolute atomic E-state index is 12.8. The minimum atomic E-state index is -0.115. The summed E-state index contributed by atoms with van der Waals surface area (Å²) in [7, 11) is 0. The number of aryl methyl sites for hydroxylation is 3. The van der Waals surface area contributed by atoms with Crippen LogP contribution in [0.5, 0.6) is 0 Å². The highest BCUT2D eigenvalue weighted by atomic mass is 79.9. The van der Waals surface area contributed by atoms with Crippen LogP contribution in [0.4, 0.5) is 5.69 Å². The molecule has 0 saturated heterocycles. The number of aromatic nitrogens is 2. The van der Waals surface area contributed by atoms with Crippen molar-refractivity contribution in [2.45, 2.75) is 20.8 Å². The average molecular weight is 440 g/mol. The Balaban J connectivity index is 1.71. The highest BCUT2D eigenvalue weighted by Crippen LogP contribution is 2.32. The van der Waals surface area contributed by atoms with Gasteiger partial charge in [-0.2, -0.15) is 5.10 Å². The predicted octanol–water partition coefficient (Wildman–Crippen LogP) is 6.03. The number of halogens is 1. The lowest BCUT2D eigenvalue weighted by atomic mass is 10.2. The maximum Gasteiger partial charge on any atom is 0.265 e. The van der Waals surface area contributed by atoms with Crippen LogP contribution in [-0.4, -0.2) is 15.7 Å². The second-order valence-corrected chi connectivity index (χ2v) is 8.49. The quantitative estimate of drug-likeness (QED) is 0.423. The third-order valence-electron chi connectivity index (χ3n) is 4.39. The van der Waals surface area contributed by atoms with E-state index in [4.69, 9.17) is 0 Å². The molecule has 1 N–H and O–H groups in total. The zero-order valence-electron chi connectivity index (χ0n) is 15.2. The van der Waals surface area contributed by atoms with Crippen LogP contribution in [0, 0.1) is 20.8 Å². The van der Waals surface area contributed by atoms with Gasteiger partial charge in [0, 0.05) is 9.86 Å². The molecule has 1 amide bonds. The number of nitrogens with zero attached hydrogens (tertiary/aromatic N) is 2. The Morgan fingerprint density at radius 3 is 2.59 bits per heavy atom. The van der Waals surface area contributed by atoms with Gasteiger partial charge in [0.05, 0.1) is 21.9 Å². The summed E-state index contributed by atoms with van der Waals surface area (Å²) in [5.41, 5.74) is 4.99. The summed E-state index contributed by atoms with van der Waals surface area (Å²) in [5.74, 6) is -0.115. The van der Waals surface area contributed by atoms with Gasteiger partial charge in [-0.3, -0.25) is 4.79 Å². The van der Waals surface area contributed by atoms with Gasteiger partial charge in [-0.15, -0.1) is 11.3 Å². The first kappa shape index (κ1) is 17.9. The molecule has 4 rings (SSSR count). The molecule has 2 aromatic carbocycles. The van der Waals surface area contributed by atoms with Gasteiger partial charge in [-0.05, 0) is 78.2 Å². The van der Waals surface area contributed by atoms with E-state index in [9.17, 15) is 4.79 Å². The molecule has 0 radical (unpaired) electrons. The number of anilines is 1. The molecule has 0 aliphatic rings. The third kappa shape index (κ3) is 3.42. The number of fused-ring (bicyclic) bond motifs is 1. The molecule has 27 heavy (non-hydrogen) atoms. The van der Waals surface area contributed by atoms with Crippen molar-refractivity contribution in [3.8, 4) is 5.69 Å². The van der Waals surface area contributed by atoms with Crippen molar-refractivity contribution in [1.82, 2.24) is 9.78 Å². The first-order valence-electron chi connectivity index (χ1n) is 8.56. The van der Waals surface area contributed by atoms with Crippen molar-refractivity contribution in [2.24, 2.45) is 0 Å². The zero-order chi connectivity index (χ0) is 19.1. The van der Waals surface area contributed by atoms with Gasteiger partial charge < -0.3 is 5.32 Å². The number of rotatable bonds is 3. The van der Waals surface area contributed by atoms with Crippen LogP contribution in [0.2, 0.25) is 0 Å². The van der Waals surface area contributed by atoms with E-state index in [1.54, 1.807) is 0 Å². The summed E-state index contributed by atoms with van der Waals surface area (Å²) in [5, 5.41) is 8.65. The lowest BCUT2D eigenvalue weighted by Gasteiger charge is -2.07. The Morgan fingerprint density at radius 1 is 1.07 bits per heavy atom. The molecule has 0 bridgehead atoms. The first-order chi connectivity index (χ1) is 12.9. The van der Waals surface area contributed by atoms with E-state index in [-0.39, 0.29) is 5.91 Å². The predicted molar refractivity (Wildman–Crippen MR) is 115 cm³/mol. The van der Waals surface area contributed by atoms with E-state index in [0.29, 0.717) is 4.88 Å². The summed E-state index contributed by atoms with van der Waals surface area (Å²) in [6.07, 6.45) is 0. The van der Waals surface area contributed by atoms with Crippen molar-refractivity contribution in [3.63, 3.8) is 0 Å². The molecule has 0 aliphatic carbocycles. The topological polar surface area (TPSA) is 46.9 Å². The molecule has 0 atom stereocenters. The van der Waals surface area contributed by atoms with Gasteiger partial charge in [-0.1, -0.05) is 18.2 Å². The van der Waals surface area contributed by atoms with Gasteiger partial charge in [0.15, 0.2) is 0 Å². The second-order valence-electron chi connectivity index (χ2n) is 6.60. The fraction of sp³-hybridized carbons (Fsp3) is 0.143. The molecule has 0 fully saturated rings. The fourth-order valence-electron chi connectivity index (χ4n) is 3.00. The summed E-state index contributed by atoms with van der Waals surface area (Å²) in [6.45, 7) is 6.05. The van der Waals surface area contributed by atoms with Crippen LogP contribution >= 0.6 is 27.3 Å². The van der Waals surface area contributed by atoms with Gasteiger partial charge in [0.2, 0.25) is 0 Å². The van der Waals surface area contributed by atoms with Gasteiger partial charge in [0.25, 0.3) is 5.91 Å². The highest BCUT2D eigenvalue weighted by Gasteiger charge is 2.18. The van der Waals surface area contributed by atoms with Crippen LogP contribution in [0.1, 0.15) is 26.5 Å². The molecule has 0 unspecified atom stereocenters. The van der Waals surface area contributed by atoms with Gasteiger partial charge in [-0.25, -0.2) is 4.68 Å². The van der Waals surface area contributed by atoms with E-state index in [1.807, 2.05) is 54.9 Å². The Bertz CT molecular complexity index is 1180. The van der Waals surface area contributed by atoms with Crippen molar-refractivity contribution in [2.75, 3.05) is 5.32 Å².